The lowest BCUT2D eigenvalue weighted by Crippen LogP contribution is -2.27. The molecule has 0 saturated heterocycles. The van der Waals surface area contributed by atoms with Crippen LogP contribution in [0.4, 0.5) is 5.82 Å². The molecule has 0 saturated carbocycles. The normalized spacial score (nSPS) is 8.80. The van der Waals surface area contributed by atoms with Gasteiger partial charge in [-0.2, -0.15) is 0 Å². The highest BCUT2D eigenvalue weighted by Crippen LogP contribution is 1.90. The van der Waals surface area contributed by atoms with Gasteiger partial charge in [-0.3, -0.25) is 14.9 Å². The van der Waals surface area contributed by atoms with E-state index in [4.69, 9.17) is 15.9 Å². The summed E-state index contributed by atoms with van der Waals surface area (Å²) in [6, 6.07) is 3.66. The van der Waals surface area contributed by atoms with Crippen LogP contribution in [0.15, 0.2) is 18.3 Å². The third kappa shape index (κ3) is 9.90. The van der Waals surface area contributed by atoms with Crippen molar-refractivity contribution in [3.8, 4) is 0 Å². The number of hydrogen-bond acceptors (Lipinski definition) is 4. The standard InChI is InChI=1S/C4H6N2.C4H7NO4/c5-4-2-1-3-6-4;6-3(7)1-5-2-4(8)9/h1-3,6H,5H2;5H,1-2H2,(H,6,7)(H,8,9). The summed E-state index contributed by atoms with van der Waals surface area (Å²) >= 11 is 0. The SMILES string of the molecule is Nc1ccc[nH]1.O=C(O)CNCC(=O)O. The van der Waals surface area contributed by atoms with E-state index in [-0.39, 0.29) is 13.1 Å². The lowest BCUT2D eigenvalue weighted by Gasteiger charge is -1.93. The largest absolute Gasteiger partial charge is 0.480 e. The minimum atomic E-state index is -1.06. The molecule has 0 aliphatic heterocycles. The van der Waals surface area contributed by atoms with Crippen LogP contribution < -0.4 is 11.1 Å². The third-order valence-electron chi connectivity index (χ3n) is 1.17. The number of carboxylic acid groups (broad SMARTS) is 2. The highest BCUT2D eigenvalue weighted by Gasteiger charge is 1.97. The minimum Gasteiger partial charge on any atom is -0.480 e. The van der Waals surface area contributed by atoms with Crippen molar-refractivity contribution in [3.05, 3.63) is 18.3 Å². The zero-order chi connectivity index (χ0) is 11.7. The molecule has 15 heavy (non-hydrogen) atoms. The molecule has 1 aromatic heterocycles. The van der Waals surface area contributed by atoms with E-state index in [0.717, 1.165) is 5.82 Å². The quantitative estimate of drug-likeness (QED) is 0.453. The Morgan fingerprint density at radius 3 is 2.07 bits per heavy atom. The molecular weight excluding hydrogens is 202 g/mol. The van der Waals surface area contributed by atoms with Gasteiger partial charge in [0.05, 0.1) is 13.1 Å². The van der Waals surface area contributed by atoms with Gasteiger partial charge >= 0.3 is 11.9 Å². The van der Waals surface area contributed by atoms with E-state index in [1.165, 1.54) is 0 Å². The molecule has 0 fully saturated rings. The highest BCUT2D eigenvalue weighted by atomic mass is 16.4. The molecule has 1 heterocycles. The van der Waals surface area contributed by atoms with Crippen molar-refractivity contribution in [1.29, 1.82) is 0 Å². The molecule has 6 N–H and O–H groups in total. The minimum absolute atomic E-state index is 0.313. The number of carboxylic acids is 2. The summed E-state index contributed by atoms with van der Waals surface area (Å²) in [4.78, 5) is 22.2. The second-order valence-corrected chi connectivity index (χ2v) is 2.52. The third-order valence-corrected chi connectivity index (χ3v) is 1.17. The van der Waals surface area contributed by atoms with E-state index in [1.54, 1.807) is 12.3 Å². The van der Waals surface area contributed by atoms with Crippen LogP contribution in [0, 0.1) is 0 Å². The Hall–Kier alpha value is -2.02. The lowest BCUT2D eigenvalue weighted by molar-refractivity contribution is -0.137. The summed E-state index contributed by atoms with van der Waals surface area (Å²) in [6.07, 6.45) is 1.79. The van der Waals surface area contributed by atoms with E-state index in [9.17, 15) is 9.59 Å². The number of nitrogens with one attached hydrogen (secondary N) is 2. The molecule has 0 aliphatic rings. The maximum Gasteiger partial charge on any atom is 0.317 e. The lowest BCUT2D eigenvalue weighted by atomic mass is 10.6. The average molecular weight is 215 g/mol. The van der Waals surface area contributed by atoms with Gasteiger partial charge < -0.3 is 20.9 Å². The van der Waals surface area contributed by atoms with Crippen molar-refractivity contribution in [2.75, 3.05) is 18.8 Å². The van der Waals surface area contributed by atoms with Gasteiger partial charge in [0.25, 0.3) is 0 Å². The van der Waals surface area contributed by atoms with Crippen molar-refractivity contribution < 1.29 is 19.8 Å². The molecule has 0 aromatic carbocycles. The molecule has 0 atom stereocenters. The van der Waals surface area contributed by atoms with Crippen molar-refractivity contribution in [3.63, 3.8) is 0 Å². The molecule has 7 heteroatoms. The average Bonchev–Trinajstić information content (AvgIpc) is 2.55. The van der Waals surface area contributed by atoms with Crippen molar-refractivity contribution in [2.24, 2.45) is 0 Å². The maximum atomic E-state index is 9.73. The predicted octanol–water partition coefficient (Wildman–Crippen LogP) is -0.658. The Labute approximate surface area is 85.9 Å². The van der Waals surface area contributed by atoms with Gasteiger partial charge in [0.2, 0.25) is 0 Å². The Morgan fingerprint density at radius 1 is 1.33 bits per heavy atom. The summed E-state index contributed by atoms with van der Waals surface area (Å²) in [6.45, 7) is -0.626. The molecule has 1 aromatic rings. The molecule has 0 aliphatic carbocycles. The summed E-state index contributed by atoms with van der Waals surface area (Å²) < 4.78 is 0. The highest BCUT2D eigenvalue weighted by molar-refractivity contribution is 5.72. The number of aliphatic carboxylic acids is 2. The monoisotopic (exact) mass is 215 g/mol. The van der Waals surface area contributed by atoms with E-state index in [1.807, 2.05) is 6.07 Å². The second-order valence-electron chi connectivity index (χ2n) is 2.52. The van der Waals surface area contributed by atoms with E-state index >= 15 is 0 Å². The molecule has 0 radical (unpaired) electrons. The summed E-state index contributed by atoms with van der Waals surface area (Å²) in [5.74, 6) is -1.40. The maximum absolute atomic E-state index is 9.73. The fourth-order valence-electron chi connectivity index (χ4n) is 0.621. The van der Waals surface area contributed by atoms with Crippen molar-refractivity contribution >= 4 is 17.8 Å². The number of aromatic amines is 1. The first kappa shape index (κ1) is 13.0. The summed E-state index contributed by atoms with van der Waals surface area (Å²) in [5, 5.41) is 18.1. The molecule has 84 valence electrons. The predicted molar refractivity (Wildman–Crippen MR) is 53.3 cm³/mol. The van der Waals surface area contributed by atoms with Crippen LogP contribution in [0.25, 0.3) is 0 Å². The smallest absolute Gasteiger partial charge is 0.317 e. The molecular formula is C8H13N3O4. The van der Waals surface area contributed by atoms with Gasteiger partial charge in [-0.05, 0) is 12.1 Å². The number of carbonyl (C=O) groups is 2. The zero-order valence-electron chi connectivity index (χ0n) is 7.93. The van der Waals surface area contributed by atoms with Gasteiger partial charge in [-0.1, -0.05) is 0 Å². The molecule has 0 unspecified atom stereocenters. The Bertz CT molecular complexity index is 283. The van der Waals surface area contributed by atoms with Crippen LogP contribution in [0.5, 0.6) is 0 Å². The van der Waals surface area contributed by atoms with E-state index in [2.05, 4.69) is 10.3 Å². The van der Waals surface area contributed by atoms with Gasteiger partial charge in [-0.15, -0.1) is 0 Å². The first-order valence-corrected chi connectivity index (χ1v) is 4.05. The number of anilines is 1. The molecule has 1 rings (SSSR count). The molecule has 7 nitrogen and oxygen atoms in total. The number of aromatic nitrogens is 1. The van der Waals surface area contributed by atoms with Crippen LogP contribution >= 0.6 is 0 Å². The van der Waals surface area contributed by atoms with Crippen LogP contribution in [-0.4, -0.2) is 40.2 Å². The van der Waals surface area contributed by atoms with Gasteiger partial charge in [-0.25, -0.2) is 0 Å². The van der Waals surface area contributed by atoms with Gasteiger partial charge in [0, 0.05) is 6.20 Å². The van der Waals surface area contributed by atoms with Crippen LogP contribution in [-0.2, 0) is 9.59 Å². The van der Waals surface area contributed by atoms with E-state index < -0.39 is 11.9 Å². The van der Waals surface area contributed by atoms with Gasteiger partial charge in [0.15, 0.2) is 0 Å². The fourth-order valence-corrected chi connectivity index (χ4v) is 0.621. The first-order valence-electron chi connectivity index (χ1n) is 4.05. The number of nitrogen functional groups attached to an aromatic ring is 1. The summed E-state index contributed by atoms with van der Waals surface area (Å²) in [5.41, 5.74) is 5.22. The summed E-state index contributed by atoms with van der Waals surface area (Å²) in [7, 11) is 0. The number of nitrogens with two attached hydrogens (primary N) is 1. The van der Waals surface area contributed by atoms with Crippen LogP contribution in [0.1, 0.15) is 0 Å². The van der Waals surface area contributed by atoms with Crippen LogP contribution in [0.2, 0.25) is 0 Å². The Balaban J connectivity index is 0.000000280. The Kier molecular flexibility index (Phi) is 6.39. The first-order chi connectivity index (χ1) is 7.02. The van der Waals surface area contributed by atoms with Gasteiger partial charge in [0.1, 0.15) is 5.82 Å². The van der Waals surface area contributed by atoms with Crippen LogP contribution in [0.3, 0.4) is 0 Å². The van der Waals surface area contributed by atoms with Crippen molar-refractivity contribution in [2.45, 2.75) is 0 Å². The van der Waals surface area contributed by atoms with Crippen molar-refractivity contribution in [1.82, 2.24) is 10.3 Å². The molecule has 0 amide bonds. The number of rotatable bonds is 4. The zero-order valence-corrected chi connectivity index (χ0v) is 7.93. The number of H-pyrrole nitrogens is 1. The number of hydrogen-bond donors (Lipinski definition) is 5. The second kappa shape index (κ2) is 7.39. The fraction of sp³-hybridized carbons (Fsp3) is 0.250. The Morgan fingerprint density at radius 2 is 1.87 bits per heavy atom. The molecule has 0 spiro atoms. The topological polar surface area (TPSA) is 128 Å². The molecule has 0 bridgehead atoms. The van der Waals surface area contributed by atoms with E-state index in [0.29, 0.717) is 0 Å².